The van der Waals surface area contributed by atoms with E-state index in [2.05, 4.69) is 0 Å². The number of hydrogen-bond donors (Lipinski definition) is 0. The Morgan fingerprint density at radius 1 is 0.862 bits per heavy atom. The van der Waals surface area contributed by atoms with Crippen LogP contribution in [0, 0.1) is 0 Å². The van der Waals surface area contributed by atoms with Gasteiger partial charge in [-0.3, -0.25) is 4.79 Å². The lowest BCUT2D eigenvalue weighted by Crippen LogP contribution is -2.13. The molecular formula is C21H24O8. The maximum atomic E-state index is 13.2. The molecule has 2 atom stereocenters. The van der Waals surface area contributed by atoms with Crippen LogP contribution < -0.4 is 23.7 Å². The van der Waals surface area contributed by atoms with Gasteiger partial charge in [0.2, 0.25) is 5.78 Å². The third-order valence-electron chi connectivity index (χ3n) is 4.56. The highest BCUT2D eigenvalue weighted by Crippen LogP contribution is 2.46. The molecule has 0 N–H and O–H groups in total. The summed E-state index contributed by atoms with van der Waals surface area (Å²) < 4.78 is 37.5. The van der Waals surface area contributed by atoms with Crippen molar-refractivity contribution >= 4 is 5.78 Å². The Balaban J connectivity index is 1.89. The number of carbonyl (C=O) groups is 1. The van der Waals surface area contributed by atoms with Crippen LogP contribution in [0.15, 0.2) is 30.3 Å². The van der Waals surface area contributed by atoms with Crippen LogP contribution in [-0.4, -0.2) is 54.2 Å². The lowest BCUT2D eigenvalue weighted by Gasteiger charge is -2.15. The zero-order chi connectivity index (χ0) is 21.0. The molecule has 0 saturated carbocycles. The van der Waals surface area contributed by atoms with Crippen LogP contribution in [0.25, 0.3) is 0 Å². The minimum Gasteiger partial charge on any atom is -0.496 e. The van der Waals surface area contributed by atoms with E-state index in [9.17, 15) is 4.79 Å². The largest absolute Gasteiger partial charge is 0.496 e. The van der Waals surface area contributed by atoms with Gasteiger partial charge < -0.3 is 33.2 Å². The Kier molecular flexibility index (Phi) is 6.46. The minimum atomic E-state index is -0.666. The van der Waals surface area contributed by atoms with E-state index in [0.717, 1.165) is 5.56 Å². The van der Waals surface area contributed by atoms with Crippen molar-refractivity contribution in [2.24, 2.45) is 0 Å². The molecule has 3 rings (SSSR count). The molecule has 0 aromatic heterocycles. The maximum Gasteiger partial charge on any atom is 0.202 e. The molecule has 0 amide bonds. The van der Waals surface area contributed by atoms with Gasteiger partial charge in [-0.1, -0.05) is 6.07 Å². The topological polar surface area (TPSA) is 85.0 Å². The van der Waals surface area contributed by atoms with Crippen LogP contribution in [0.2, 0.25) is 0 Å². The van der Waals surface area contributed by atoms with Crippen LogP contribution in [0.5, 0.6) is 28.7 Å². The zero-order valence-electron chi connectivity index (χ0n) is 17.0. The first-order chi connectivity index (χ1) is 14.1. The standard InChI is InChI=1S/C21H24O8/c1-23-11-28-17-10-13(24-2)9-16(27-5)18(17)19(22)21-20(29-21)12-6-7-14(25-3)15(8-12)26-4/h6-10,20-21H,11H2,1-5H3/t20-,21+/m1/s1. The van der Waals surface area contributed by atoms with Crippen LogP contribution in [0.4, 0.5) is 0 Å². The van der Waals surface area contributed by atoms with Gasteiger partial charge in [0, 0.05) is 19.2 Å². The van der Waals surface area contributed by atoms with Crippen LogP contribution >= 0.6 is 0 Å². The van der Waals surface area contributed by atoms with E-state index in [-0.39, 0.29) is 18.1 Å². The first-order valence-corrected chi connectivity index (χ1v) is 8.87. The molecule has 1 aliphatic heterocycles. The number of methoxy groups -OCH3 is 5. The van der Waals surface area contributed by atoms with Crippen molar-refractivity contribution in [3.05, 3.63) is 41.5 Å². The Morgan fingerprint density at radius 3 is 2.17 bits per heavy atom. The predicted molar refractivity (Wildman–Crippen MR) is 104 cm³/mol. The second-order valence-electron chi connectivity index (χ2n) is 6.21. The van der Waals surface area contributed by atoms with Gasteiger partial charge in [-0.2, -0.15) is 0 Å². The van der Waals surface area contributed by atoms with E-state index in [0.29, 0.717) is 28.7 Å². The van der Waals surface area contributed by atoms with Crippen molar-refractivity contribution in [2.45, 2.75) is 12.2 Å². The molecular weight excluding hydrogens is 380 g/mol. The molecule has 156 valence electrons. The smallest absolute Gasteiger partial charge is 0.202 e. The average Bonchev–Trinajstić information content (AvgIpc) is 3.56. The summed E-state index contributed by atoms with van der Waals surface area (Å²) >= 11 is 0. The van der Waals surface area contributed by atoms with Crippen LogP contribution in [0.3, 0.4) is 0 Å². The number of epoxide rings is 1. The Bertz CT molecular complexity index is 879. The summed E-state index contributed by atoms with van der Waals surface area (Å²) in [5, 5.41) is 0. The van der Waals surface area contributed by atoms with Crippen molar-refractivity contribution < 1.29 is 38.0 Å². The molecule has 29 heavy (non-hydrogen) atoms. The first kappa shape index (κ1) is 20.8. The van der Waals surface area contributed by atoms with Crippen molar-refractivity contribution in [3.63, 3.8) is 0 Å². The van der Waals surface area contributed by atoms with E-state index < -0.39 is 12.2 Å². The Labute approximate surface area is 169 Å². The third-order valence-corrected chi connectivity index (χ3v) is 4.56. The van der Waals surface area contributed by atoms with Crippen molar-refractivity contribution in [2.75, 3.05) is 42.3 Å². The fourth-order valence-electron chi connectivity index (χ4n) is 3.06. The Hall–Kier alpha value is -2.97. The second-order valence-corrected chi connectivity index (χ2v) is 6.21. The van der Waals surface area contributed by atoms with E-state index in [4.69, 9.17) is 33.2 Å². The number of Topliss-reactive ketones (excluding diaryl/α,β-unsaturated/α-hetero) is 1. The van der Waals surface area contributed by atoms with Gasteiger partial charge in [0.05, 0.1) is 28.4 Å². The Morgan fingerprint density at radius 2 is 1.55 bits per heavy atom. The lowest BCUT2D eigenvalue weighted by molar-refractivity contribution is 0.0497. The normalized spacial score (nSPS) is 17.4. The molecule has 1 fully saturated rings. The summed E-state index contributed by atoms with van der Waals surface area (Å²) in [5.41, 5.74) is 1.09. The highest BCUT2D eigenvalue weighted by molar-refractivity contribution is 6.06. The number of ether oxygens (including phenoxy) is 7. The molecule has 1 heterocycles. The van der Waals surface area contributed by atoms with Gasteiger partial charge in [0.1, 0.15) is 28.9 Å². The van der Waals surface area contributed by atoms with E-state index in [1.54, 1.807) is 38.5 Å². The fraction of sp³-hybridized carbons (Fsp3) is 0.381. The van der Waals surface area contributed by atoms with Crippen molar-refractivity contribution in [1.29, 1.82) is 0 Å². The molecule has 2 aromatic rings. The molecule has 8 heteroatoms. The maximum absolute atomic E-state index is 13.2. The lowest BCUT2D eigenvalue weighted by atomic mass is 10.0. The number of carbonyl (C=O) groups excluding carboxylic acids is 1. The van der Waals surface area contributed by atoms with Gasteiger partial charge in [-0.05, 0) is 17.7 Å². The zero-order valence-corrected chi connectivity index (χ0v) is 17.0. The third kappa shape index (κ3) is 4.23. The molecule has 1 aliphatic rings. The summed E-state index contributed by atoms with van der Waals surface area (Å²) in [6, 6.07) is 8.65. The summed E-state index contributed by atoms with van der Waals surface area (Å²) in [6.45, 7) is -0.0266. The van der Waals surface area contributed by atoms with E-state index >= 15 is 0 Å². The molecule has 2 aromatic carbocycles. The second kappa shape index (κ2) is 9.02. The molecule has 8 nitrogen and oxygen atoms in total. The van der Waals surface area contributed by atoms with Gasteiger partial charge in [-0.15, -0.1) is 0 Å². The quantitative estimate of drug-likeness (QED) is 0.339. The van der Waals surface area contributed by atoms with Gasteiger partial charge in [0.25, 0.3) is 0 Å². The molecule has 0 unspecified atom stereocenters. The molecule has 0 radical (unpaired) electrons. The molecule has 0 spiro atoms. The number of benzene rings is 2. The van der Waals surface area contributed by atoms with Gasteiger partial charge in [0.15, 0.2) is 24.4 Å². The molecule has 0 bridgehead atoms. The van der Waals surface area contributed by atoms with E-state index in [1.807, 2.05) is 6.07 Å². The predicted octanol–water partition coefficient (Wildman–Crippen LogP) is 3.03. The SMILES string of the molecule is COCOc1cc(OC)cc(OC)c1C(=O)[C@@H]1O[C@@H]1c1ccc(OC)c(OC)c1. The first-order valence-electron chi connectivity index (χ1n) is 8.87. The van der Waals surface area contributed by atoms with Crippen molar-refractivity contribution in [3.8, 4) is 28.7 Å². The van der Waals surface area contributed by atoms with Crippen molar-refractivity contribution in [1.82, 2.24) is 0 Å². The summed E-state index contributed by atoms with van der Waals surface area (Å²) in [7, 11) is 7.61. The summed E-state index contributed by atoms with van der Waals surface area (Å²) in [4.78, 5) is 13.2. The van der Waals surface area contributed by atoms with Crippen LogP contribution in [0.1, 0.15) is 22.0 Å². The monoisotopic (exact) mass is 404 g/mol. The summed E-state index contributed by atoms with van der Waals surface area (Å²) in [6.07, 6.45) is -1.07. The van der Waals surface area contributed by atoms with Gasteiger partial charge in [-0.25, -0.2) is 0 Å². The molecule has 0 aliphatic carbocycles. The average molecular weight is 404 g/mol. The number of hydrogen-bond acceptors (Lipinski definition) is 8. The van der Waals surface area contributed by atoms with E-state index in [1.165, 1.54) is 21.3 Å². The minimum absolute atomic E-state index is 0.0266. The van der Waals surface area contributed by atoms with Crippen LogP contribution in [-0.2, 0) is 9.47 Å². The molecule has 1 saturated heterocycles. The summed E-state index contributed by atoms with van der Waals surface area (Å²) in [5.74, 6) is 2.05. The fourth-order valence-corrected chi connectivity index (χ4v) is 3.06. The number of rotatable bonds is 10. The highest BCUT2D eigenvalue weighted by Gasteiger charge is 2.48. The highest BCUT2D eigenvalue weighted by atomic mass is 16.7. The number of ketones is 1. The van der Waals surface area contributed by atoms with Gasteiger partial charge >= 0.3 is 0 Å².